The van der Waals surface area contributed by atoms with E-state index in [4.69, 9.17) is 0 Å². The second kappa shape index (κ2) is 4.06. The van der Waals surface area contributed by atoms with E-state index in [0.29, 0.717) is 6.04 Å². The van der Waals surface area contributed by atoms with Crippen LogP contribution in [0.4, 0.5) is 0 Å². The number of carbonyl (C=O) groups is 1. The average Bonchev–Trinajstić information content (AvgIpc) is 2.84. The summed E-state index contributed by atoms with van der Waals surface area (Å²) in [5.41, 5.74) is 3.94. The van der Waals surface area contributed by atoms with Crippen molar-refractivity contribution < 1.29 is 4.79 Å². The summed E-state index contributed by atoms with van der Waals surface area (Å²) < 4.78 is 2.34. The van der Waals surface area contributed by atoms with Crippen LogP contribution in [0.1, 0.15) is 12.5 Å². The number of hydrogen-bond donors (Lipinski definition) is 0. The van der Waals surface area contributed by atoms with Crippen molar-refractivity contribution in [2.24, 2.45) is 5.92 Å². The molecule has 0 N–H and O–H groups in total. The van der Waals surface area contributed by atoms with Crippen LogP contribution < -0.4 is 0 Å². The first kappa shape index (κ1) is 11.9. The fraction of sp³-hybridized carbons (Fsp3) is 0.353. The van der Waals surface area contributed by atoms with Gasteiger partial charge >= 0.3 is 0 Å². The highest BCUT2D eigenvalue weighted by atomic mass is 16.1. The standard InChI is InChI=1S/C17H18N2O/c1-11(20)13-8-15-14-5-3-4-12-6-7-19(17(12)14)10-16(15)18(2)9-13/h3-8,13,16H,9-10H2,1-2H3/t13-,16+/m1/s1. The lowest BCUT2D eigenvalue weighted by Gasteiger charge is -2.40. The van der Waals surface area contributed by atoms with Crippen LogP contribution in [0.3, 0.4) is 0 Å². The zero-order valence-electron chi connectivity index (χ0n) is 11.8. The van der Waals surface area contributed by atoms with Crippen molar-refractivity contribution in [2.75, 3.05) is 13.6 Å². The van der Waals surface area contributed by atoms with Gasteiger partial charge in [-0.05, 0) is 25.6 Å². The SMILES string of the molecule is CC(=O)[C@@H]1C=C2c3cccc4ccn(c34)C[C@@H]2N(C)C1. The Bertz CT molecular complexity index is 741. The molecule has 0 saturated carbocycles. The van der Waals surface area contributed by atoms with E-state index < -0.39 is 0 Å². The highest BCUT2D eigenvalue weighted by Gasteiger charge is 2.34. The van der Waals surface area contributed by atoms with Crippen LogP contribution in [-0.2, 0) is 11.3 Å². The highest BCUT2D eigenvalue weighted by Crippen LogP contribution is 2.38. The molecule has 2 atom stereocenters. The van der Waals surface area contributed by atoms with Gasteiger partial charge in [0.2, 0.25) is 0 Å². The van der Waals surface area contributed by atoms with Gasteiger partial charge in [-0.3, -0.25) is 9.69 Å². The Morgan fingerprint density at radius 2 is 2.10 bits per heavy atom. The smallest absolute Gasteiger partial charge is 0.137 e. The number of nitrogens with zero attached hydrogens (tertiary/aromatic N) is 2. The van der Waals surface area contributed by atoms with Gasteiger partial charge in [-0.1, -0.05) is 24.3 Å². The van der Waals surface area contributed by atoms with Gasteiger partial charge in [-0.25, -0.2) is 0 Å². The zero-order valence-corrected chi connectivity index (χ0v) is 11.8. The van der Waals surface area contributed by atoms with E-state index in [2.05, 4.69) is 53.1 Å². The predicted molar refractivity (Wildman–Crippen MR) is 80.5 cm³/mol. The van der Waals surface area contributed by atoms with Gasteiger partial charge in [0.25, 0.3) is 0 Å². The van der Waals surface area contributed by atoms with E-state index in [-0.39, 0.29) is 11.7 Å². The first-order valence-corrected chi connectivity index (χ1v) is 7.16. The Morgan fingerprint density at radius 3 is 2.90 bits per heavy atom. The number of benzene rings is 1. The van der Waals surface area contributed by atoms with Gasteiger partial charge in [0, 0.05) is 36.2 Å². The Kier molecular flexibility index (Phi) is 2.42. The lowest BCUT2D eigenvalue weighted by Crippen LogP contribution is -2.45. The number of ketones is 1. The molecule has 0 bridgehead atoms. The van der Waals surface area contributed by atoms with E-state index in [1.165, 1.54) is 22.0 Å². The van der Waals surface area contributed by atoms with E-state index in [1.54, 1.807) is 6.92 Å². The molecule has 1 aromatic carbocycles. The topological polar surface area (TPSA) is 25.2 Å². The maximum Gasteiger partial charge on any atom is 0.137 e. The Hall–Kier alpha value is -1.87. The molecule has 102 valence electrons. The third kappa shape index (κ3) is 1.53. The summed E-state index contributed by atoms with van der Waals surface area (Å²) in [7, 11) is 2.13. The monoisotopic (exact) mass is 266 g/mol. The predicted octanol–water partition coefficient (Wildman–Crippen LogP) is 2.56. The number of fused-ring (bicyclic) bond motifs is 2. The zero-order chi connectivity index (χ0) is 13.9. The molecule has 3 heteroatoms. The molecular weight excluding hydrogens is 248 g/mol. The van der Waals surface area contributed by atoms with Gasteiger partial charge in [0.05, 0.1) is 11.6 Å². The summed E-state index contributed by atoms with van der Waals surface area (Å²) in [6, 6.07) is 9.02. The molecule has 0 aliphatic carbocycles. The van der Waals surface area contributed by atoms with Crippen LogP contribution in [-0.4, -0.2) is 34.9 Å². The first-order valence-electron chi connectivity index (χ1n) is 7.16. The number of Topliss-reactive ketones (excluding diaryl/α,β-unsaturated/α-hetero) is 1. The Morgan fingerprint density at radius 1 is 1.25 bits per heavy atom. The van der Waals surface area contributed by atoms with Crippen molar-refractivity contribution >= 4 is 22.3 Å². The van der Waals surface area contributed by atoms with Crippen molar-refractivity contribution in [1.29, 1.82) is 0 Å². The molecule has 0 unspecified atom stereocenters. The number of hydrogen-bond acceptors (Lipinski definition) is 2. The van der Waals surface area contributed by atoms with E-state index >= 15 is 0 Å². The molecule has 0 fully saturated rings. The number of aromatic nitrogens is 1. The number of rotatable bonds is 1. The van der Waals surface area contributed by atoms with Crippen molar-refractivity contribution in [3.63, 3.8) is 0 Å². The molecule has 2 aliphatic heterocycles. The van der Waals surface area contributed by atoms with E-state index in [1.807, 2.05) is 0 Å². The minimum Gasteiger partial charge on any atom is -0.345 e. The molecular formula is C17H18N2O. The molecule has 4 rings (SSSR count). The van der Waals surface area contributed by atoms with E-state index in [0.717, 1.165) is 13.1 Å². The minimum absolute atomic E-state index is 0.0306. The van der Waals surface area contributed by atoms with Crippen LogP contribution >= 0.6 is 0 Å². The largest absolute Gasteiger partial charge is 0.345 e. The normalized spacial score (nSPS) is 25.4. The number of likely N-dealkylation sites (N-methyl/N-ethyl adjacent to an activating group) is 1. The van der Waals surface area contributed by atoms with Crippen molar-refractivity contribution in [2.45, 2.75) is 19.5 Å². The summed E-state index contributed by atoms with van der Waals surface area (Å²) in [4.78, 5) is 14.1. The third-order valence-corrected chi connectivity index (χ3v) is 4.75. The maximum absolute atomic E-state index is 11.8. The fourth-order valence-electron chi connectivity index (χ4n) is 3.64. The van der Waals surface area contributed by atoms with Crippen molar-refractivity contribution in [1.82, 2.24) is 9.47 Å². The van der Waals surface area contributed by atoms with Gasteiger partial charge in [-0.2, -0.15) is 0 Å². The van der Waals surface area contributed by atoms with Crippen LogP contribution in [0.5, 0.6) is 0 Å². The molecule has 0 amide bonds. The third-order valence-electron chi connectivity index (χ3n) is 4.75. The fourth-order valence-corrected chi connectivity index (χ4v) is 3.64. The maximum atomic E-state index is 11.8. The molecule has 3 nitrogen and oxygen atoms in total. The molecule has 0 saturated heterocycles. The molecule has 0 radical (unpaired) electrons. The van der Waals surface area contributed by atoms with Gasteiger partial charge < -0.3 is 4.57 Å². The molecule has 1 aromatic heterocycles. The summed E-state index contributed by atoms with van der Waals surface area (Å²) in [5.74, 6) is 0.291. The number of para-hydroxylation sites is 1. The quantitative estimate of drug-likeness (QED) is 0.792. The Balaban J connectivity index is 1.96. The molecule has 0 spiro atoms. The summed E-state index contributed by atoms with van der Waals surface area (Å²) in [6.07, 6.45) is 4.38. The lowest BCUT2D eigenvalue weighted by molar-refractivity contribution is -0.120. The van der Waals surface area contributed by atoms with Gasteiger partial charge in [-0.15, -0.1) is 0 Å². The molecule has 2 aromatic rings. The number of carbonyl (C=O) groups excluding carboxylic acids is 1. The van der Waals surface area contributed by atoms with Crippen LogP contribution in [0.25, 0.3) is 16.5 Å². The minimum atomic E-state index is 0.0306. The van der Waals surface area contributed by atoms with Crippen LogP contribution in [0.15, 0.2) is 36.5 Å². The average molecular weight is 266 g/mol. The van der Waals surface area contributed by atoms with E-state index in [9.17, 15) is 4.79 Å². The first-order chi connectivity index (χ1) is 9.65. The Labute approximate surface area is 118 Å². The van der Waals surface area contributed by atoms with Crippen molar-refractivity contribution in [3.05, 3.63) is 42.1 Å². The summed E-state index contributed by atoms with van der Waals surface area (Å²) >= 11 is 0. The van der Waals surface area contributed by atoms with Gasteiger partial charge in [0.15, 0.2) is 0 Å². The molecule has 3 heterocycles. The van der Waals surface area contributed by atoms with Crippen LogP contribution in [0, 0.1) is 5.92 Å². The van der Waals surface area contributed by atoms with Crippen LogP contribution in [0.2, 0.25) is 0 Å². The summed E-state index contributed by atoms with van der Waals surface area (Å²) in [6.45, 7) is 3.51. The second-order valence-electron chi connectivity index (χ2n) is 6.01. The second-order valence-corrected chi connectivity index (χ2v) is 6.01. The van der Waals surface area contributed by atoms with Crippen molar-refractivity contribution in [3.8, 4) is 0 Å². The highest BCUT2D eigenvalue weighted by molar-refractivity contribution is 5.96. The van der Waals surface area contributed by atoms with Gasteiger partial charge in [0.1, 0.15) is 5.78 Å². The lowest BCUT2D eigenvalue weighted by atomic mass is 9.85. The molecule has 20 heavy (non-hydrogen) atoms. The molecule has 2 aliphatic rings. The summed E-state index contributed by atoms with van der Waals surface area (Å²) in [5, 5.41) is 1.29.